The van der Waals surface area contributed by atoms with Crippen molar-refractivity contribution in [3.63, 3.8) is 0 Å². The van der Waals surface area contributed by atoms with Crippen molar-refractivity contribution in [2.75, 3.05) is 5.32 Å². The molecule has 2 aromatic carbocycles. The molecule has 1 fully saturated rings. The number of phenolic OH excluding ortho intramolecular Hbond substituents is 1. The summed E-state index contributed by atoms with van der Waals surface area (Å²) < 4.78 is 38.1. The van der Waals surface area contributed by atoms with E-state index in [1.807, 2.05) is 0 Å². The number of rotatable bonds is 4. The normalized spacial score (nSPS) is 14.5. The Labute approximate surface area is 160 Å². The van der Waals surface area contributed by atoms with Crippen molar-refractivity contribution in [1.82, 2.24) is 0 Å². The Morgan fingerprint density at radius 3 is 2.30 bits per heavy atom. The Morgan fingerprint density at radius 2 is 1.81 bits per heavy atom. The van der Waals surface area contributed by atoms with Gasteiger partial charge >= 0.3 is 6.18 Å². The number of alkyl halides is 3. The van der Waals surface area contributed by atoms with Crippen LogP contribution in [0, 0.1) is 18.3 Å². The third-order valence-electron chi connectivity index (χ3n) is 3.85. The molecular weight excluding hydrogens is 379 g/mol. The lowest BCUT2D eigenvalue weighted by atomic mass is 10.1. The molecule has 3 nitrogen and oxygen atoms in total. The number of benzene rings is 2. The zero-order valence-electron chi connectivity index (χ0n) is 14.3. The average molecular weight is 398 g/mol. The smallest absolute Gasteiger partial charge is 0.418 e. The molecule has 27 heavy (non-hydrogen) atoms. The molecule has 0 aromatic heterocycles. The summed E-state index contributed by atoms with van der Waals surface area (Å²) >= 11 is 5.71. The number of hydrogen-bond acceptors (Lipinski definition) is 3. The quantitative estimate of drug-likeness (QED) is 0.615. The number of hydrogen-bond donors (Lipinski definition) is 3. The maximum atomic E-state index is 12.7. The summed E-state index contributed by atoms with van der Waals surface area (Å²) in [5, 5.41) is 21.6. The Bertz CT molecular complexity index is 796. The predicted molar refractivity (Wildman–Crippen MR) is 99.5 cm³/mol. The van der Waals surface area contributed by atoms with E-state index in [4.69, 9.17) is 18.0 Å². The first-order valence-corrected chi connectivity index (χ1v) is 8.60. The fourth-order valence-corrected chi connectivity index (χ4v) is 2.34. The van der Waals surface area contributed by atoms with Crippen LogP contribution in [0.3, 0.4) is 0 Å². The standard InChI is InChI=1S/C15H13ClF3NO2.C5H6/c16-10-3-6-13(12(7-10)14(22)15(17,18)19)20-8-9-1-4-11(21)5-2-9;1-2-5-3-4-5/h1-7,14,20-22H,8H2;1,5H,3-4H2/t14-;/m0./s1. The Balaban J connectivity index is 0.000000451. The third-order valence-corrected chi connectivity index (χ3v) is 4.09. The molecule has 144 valence electrons. The van der Waals surface area contributed by atoms with Gasteiger partial charge in [0.05, 0.1) is 0 Å². The molecule has 0 saturated heterocycles. The van der Waals surface area contributed by atoms with Crippen LogP contribution in [0.5, 0.6) is 5.75 Å². The molecule has 0 bridgehead atoms. The van der Waals surface area contributed by atoms with Crippen molar-refractivity contribution in [3.05, 3.63) is 58.6 Å². The van der Waals surface area contributed by atoms with E-state index in [0.29, 0.717) is 5.92 Å². The molecule has 0 unspecified atom stereocenters. The minimum absolute atomic E-state index is 0.100. The molecule has 0 heterocycles. The SMILES string of the molecule is C#CC1CC1.Oc1ccc(CNc2ccc(Cl)cc2[C@H](O)C(F)(F)F)cc1. The number of halogens is 4. The highest BCUT2D eigenvalue weighted by molar-refractivity contribution is 6.30. The van der Waals surface area contributed by atoms with E-state index < -0.39 is 12.3 Å². The van der Waals surface area contributed by atoms with Gasteiger partial charge in [-0.25, -0.2) is 0 Å². The highest BCUT2D eigenvalue weighted by Crippen LogP contribution is 2.37. The van der Waals surface area contributed by atoms with E-state index >= 15 is 0 Å². The summed E-state index contributed by atoms with van der Waals surface area (Å²) in [6.07, 6.45) is 0.137. The molecule has 1 aliphatic carbocycles. The van der Waals surface area contributed by atoms with Crippen LogP contribution in [-0.4, -0.2) is 16.4 Å². The number of aromatic hydroxyl groups is 1. The van der Waals surface area contributed by atoms with Gasteiger partial charge in [-0.3, -0.25) is 0 Å². The summed E-state index contributed by atoms with van der Waals surface area (Å²) in [4.78, 5) is 0. The lowest BCUT2D eigenvalue weighted by molar-refractivity contribution is -0.206. The van der Waals surface area contributed by atoms with Crippen LogP contribution in [0.1, 0.15) is 30.1 Å². The molecule has 0 spiro atoms. The first-order valence-electron chi connectivity index (χ1n) is 8.23. The highest BCUT2D eigenvalue weighted by atomic mass is 35.5. The summed E-state index contributed by atoms with van der Waals surface area (Å²) in [5.41, 5.74) is 0.571. The van der Waals surface area contributed by atoms with E-state index in [2.05, 4.69) is 11.2 Å². The fraction of sp³-hybridized carbons (Fsp3) is 0.300. The molecule has 1 atom stereocenters. The van der Waals surface area contributed by atoms with E-state index in [0.717, 1.165) is 11.6 Å². The molecule has 3 N–H and O–H groups in total. The Morgan fingerprint density at radius 1 is 1.19 bits per heavy atom. The first-order chi connectivity index (χ1) is 12.7. The van der Waals surface area contributed by atoms with Gasteiger partial charge in [-0.05, 0) is 48.7 Å². The van der Waals surface area contributed by atoms with Crippen LogP contribution >= 0.6 is 11.6 Å². The molecular formula is C20H19ClF3NO2. The van der Waals surface area contributed by atoms with Gasteiger partial charge in [-0.15, -0.1) is 12.3 Å². The lowest BCUT2D eigenvalue weighted by Crippen LogP contribution is -2.21. The maximum Gasteiger partial charge on any atom is 0.418 e. The van der Waals surface area contributed by atoms with Crippen LogP contribution in [0.25, 0.3) is 0 Å². The lowest BCUT2D eigenvalue weighted by Gasteiger charge is -2.19. The Hall–Kier alpha value is -2.36. The number of aliphatic hydroxyl groups excluding tert-OH is 1. The van der Waals surface area contributed by atoms with Crippen LogP contribution in [-0.2, 0) is 6.54 Å². The summed E-state index contributed by atoms with van der Waals surface area (Å²) in [5.74, 6) is 3.40. The minimum atomic E-state index is -4.78. The van der Waals surface area contributed by atoms with E-state index in [9.17, 15) is 23.4 Å². The average Bonchev–Trinajstić information content (AvgIpc) is 3.45. The van der Waals surface area contributed by atoms with Gasteiger partial charge in [0.2, 0.25) is 0 Å². The number of phenols is 1. The Kier molecular flexibility index (Phi) is 7.00. The minimum Gasteiger partial charge on any atom is -0.508 e. The van der Waals surface area contributed by atoms with Crippen LogP contribution in [0.4, 0.5) is 18.9 Å². The zero-order chi connectivity index (χ0) is 20.0. The number of anilines is 1. The van der Waals surface area contributed by atoms with Crippen molar-refractivity contribution >= 4 is 17.3 Å². The highest BCUT2D eigenvalue weighted by Gasteiger charge is 2.40. The monoisotopic (exact) mass is 397 g/mol. The van der Waals surface area contributed by atoms with Crippen molar-refractivity contribution in [3.8, 4) is 18.1 Å². The van der Waals surface area contributed by atoms with Gasteiger partial charge in [-0.2, -0.15) is 13.2 Å². The second-order valence-electron chi connectivity index (χ2n) is 6.14. The third kappa shape index (κ3) is 6.70. The van der Waals surface area contributed by atoms with Gasteiger partial charge in [0, 0.05) is 28.7 Å². The topological polar surface area (TPSA) is 52.5 Å². The second-order valence-corrected chi connectivity index (χ2v) is 6.57. The molecule has 0 amide bonds. The predicted octanol–water partition coefficient (Wildman–Crippen LogP) is 5.28. The van der Waals surface area contributed by atoms with Gasteiger partial charge < -0.3 is 15.5 Å². The second kappa shape index (κ2) is 9.03. The summed E-state index contributed by atoms with van der Waals surface area (Å²) in [6.45, 7) is 0.236. The van der Waals surface area contributed by atoms with Crippen LogP contribution in [0.15, 0.2) is 42.5 Å². The fourth-order valence-electron chi connectivity index (χ4n) is 2.16. The summed E-state index contributed by atoms with van der Waals surface area (Å²) in [6, 6.07) is 10.1. The van der Waals surface area contributed by atoms with Gasteiger partial charge in [-0.1, -0.05) is 23.7 Å². The molecule has 3 rings (SSSR count). The van der Waals surface area contributed by atoms with Gasteiger partial charge in [0.1, 0.15) is 5.75 Å². The number of nitrogens with one attached hydrogen (secondary N) is 1. The molecule has 1 aliphatic rings. The molecule has 1 saturated carbocycles. The van der Waals surface area contributed by atoms with Gasteiger partial charge in [0.25, 0.3) is 0 Å². The summed E-state index contributed by atoms with van der Waals surface area (Å²) in [7, 11) is 0. The zero-order valence-corrected chi connectivity index (χ0v) is 15.1. The molecule has 0 radical (unpaired) electrons. The number of aliphatic hydroxyl groups is 1. The van der Waals surface area contributed by atoms with Crippen molar-refractivity contribution < 1.29 is 23.4 Å². The van der Waals surface area contributed by atoms with Crippen LogP contribution in [0.2, 0.25) is 5.02 Å². The first kappa shape index (κ1) is 20.9. The maximum absolute atomic E-state index is 12.7. The largest absolute Gasteiger partial charge is 0.508 e. The van der Waals surface area contributed by atoms with Gasteiger partial charge in [0.15, 0.2) is 6.10 Å². The van der Waals surface area contributed by atoms with Crippen molar-refractivity contribution in [2.45, 2.75) is 31.7 Å². The molecule has 2 aromatic rings. The van der Waals surface area contributed by atoms with Crippen LogP contribution < -0.4 is 5.32 Å². The van der Waals surface area contributed by atoms with E-state index in [1.165, 1.54) is 37.1 Å². The number of terminal acetylenes is 1. The van der Waals surface area contributed by atoms with E-state index in [-0.39, 0.29) is 28.6 Å². The molecule has 7 heteroatoms. The molecule has 0 aliphatic heterocycles. The van der Waals surface area contributed by atoms with E-state index in [1.54, 1.807) is 12.1 Å². The van der Waals surface area contributed by atoms with Crippen molar-refractivity contribution in [1.29, 1.82) is 0 Å². The van der Waals surface area contributed by atoms with Crippen molar-refractivity contribution in [2.24, 2.45) is 5.92 Å².